The third-order valence-corrected chi connectivity index (χ3v) is 3.87. The summed E-state index contributed by atoms with van der Waals surface area (Å²) in [5.41, 5.74) is 2.95. The Morgan fingerprint density at radius 3 is 3.05 bits per heavy atom. The van der Waals surface area contributed by atoms with Crippen LogP contribution in [0.5, 0.6) is 11.5 Å². The summed E-state index contributed by atoms with van der Waals surface area (Å²) in [5, 5.41) is 21.3. The van der Waals surface area contributed by atoms with Crippen LogP contribution in [0.3, 0.4) is 0 Å². The van der Waals surface area contributed by atoms with Gasteiger partial charge >= 0.3 is 0 Å². The quantitative estimate of drug-likeness (QED) is 0.673. The molecule has 0 atom stereocenters. The van der Waals surface area contributed by atoms with Gasteiger partial charge in [-0.25, -0.2) is 0 Å². The maximum Gasteiger partial charge on any atom is 0.172 e. The van der Waals surface area contributed by atoms with E-state index < -0.39 is 0 Å². The van der Waals surface area contributed by atoms with Gasteiger partial charge < -0.3 is 15.2 Å². The van der Waals surface area contributed by atoms with E-state index in [1.165, 1.54) is 7.11 Å². The highest BCUT2D eigenvalue weighted by Crippen LogP contribution is 2.35. The number of phenols is 1. The van der Waals surface area contributed by atoms with Crippen LogP contribution in [0.15, 0.2) is 41.0 Å². The Morgan fingerprint density at radius 2 is 2.24 bits per heavy atom. The number of anilines is 1. The molecule has 0 spiro atoms. The summed E-state index contributed by atoms with van der Waals surface area (Å²) in [7, 11) is 1.53. The number of hydrogen-bond donors (Lipinski definition) is 3. The lowest BCUT2D eigenvalue weighted by Gasteiger charge is -2.11. The first-order valence-corrected chi connectivity index (χ1v) is 7.19. The molecule has 1 aromatic heterocycles. The summed E-state index contributed by atoms with van der Waals surface area (Å²) in [5.74, 6) is 0.554. The SMILES string of the molecule is COc1cc(CNc2cccc3cn[nH]c23)cc(Br)c1O. The number of hydrogen-bond acceptors (Lipinski definition) is 4. The molecule has 0 aliphatic carbocycles. The number of para-hydroxylation sites is 1. The lowest BCUT2D eigenvalue weighted by Crippen LogP contribution is -2.00. The molecule has 3 aromatic rings. The number of benzene rings is 2. The molecule has 3 N–H and O–H groups in total. The van der Waals surface area contributed by atoms with Gasteiger partial charge in [-0.05, 0) is 39.7 Å². The molecular weight excluding hydrogens is 334 g/mol. The predicted molar refractivity (Wildman–Crippen MR) is 85.8 cm³/mol. The monoisotopic (exact) mass is 347 g/mol. The van der Waals surface area contributed by atoms with Crippen LogP contribution in [0.1, 0.15) is 5.56 Å². The Kier molecular flexibility index (Phi) is 3.70. The van der Waals surface area contributed by atoms with Crippen molar-refractivity contribution in [1.29, 1.82) is 0 Å². The van der Waals surface area contributed by atoms with Crippen LogP contribution in [0.25, 0.3) is 10.9 Å². The van der Waals surface area contributed by atoms with Gasteiger partial charge in [0.15, 0.2) is 11.5 Å². The first kappa shape index (κ1) is 13.8. The number of halogens is 1. The third kappa shape index (κ3) is 2.67. The van der Waals surface area contributed by atoms with E-state index in [1.807, 2.05) is 24.3 Å². The Morgan fingerprint density at radius 1 is 1.38 bits per heavy atom. The number of aromatic hydroxyl groups is 1. The average molecular weight is 348 g/mol. The lowest BCUT2D eigenvalue weighted by atomic mass is 10.2. The molecule has 3 rings (SSSR count). The number of H-pyrrole nitrogens is 1. The van der Waals surface area contributed by atoms with E-state index in [0.29, 0.717) is 16.8 Å². The third-order valence-electron chi connectivity index (χ3n) is 3.27. The van der Waals surface area contributed by atoms with Crippen molar-refractivity contribution >= 4 is 32.5 Å². The summed E-state index contributed by atoms with van der Waals surface area (Å²) in [4.78, 5) is 0. The second kappa shape index (κ2) is 5.65. The Bertz CT molecular complexity index is 786. The molecule has 2 aromatic carbocycles. The predicted octanol–water partition coefficient (Wildman–Crippen LogP) is 3.65. The topological polar surface area (TPSA) is 70.2 Å². The van der Waals surface area contributed by atoms with E-state index >= 15 is 0 Å². The minimum Gasteiger partial charge on any atom is -0.503 e. The van der Waals surface area contributed by atoms with Crippen molar-refractivity contribution in [3.63, 3.8) is 0 Å². The fraction of sp³-hybridized carbons (Fsp3) is 0.133. The number of phenolic OH excluding ortho intramolecular Hbond substituents is 1. The van der Waals surface area contributed by atoms with Gasteiger partial charge in [0.2, 0.25) is 0 Å². The molecule has 0 amide bonds. The van der Waals surface area contributed by atoms with Crippen LogP contribution < -0.4 is 10.1 Å². The summed E-state index contributed by atoms with van der Waals surface area (Å²) >= 11 is 3.32. The summed E-state index contributed by atoms with van der Waals surface area (Å²) in [6.07, 6.45) is 1.79. The molecule has 0 fully saturated rings. The highest BCUT2D eigenvalue weighted by atomic mass is 79.9. The maximum atomic E-state index is 9.82. The summed E-state index contributed by atoms with van der Waals surface area (Å²) in [6, 6.07) is 9.64. The van der Waals surface area contributed by atoms with Gasteiger partial charge in [0.1, 0.15) is 0 Å². The number of nitrogens with one attached hydrogen (secondary N) is 2. The van der Waals surface area contributed by atoms with Crippen molar-refractivity contribution in [1.82, 2.24) is 10.2 Å². The number of aromatic nitrogens is 2. The lowest BCUT2D eigenvalue weighted by molar-refractivity contribution is 0.371. The van der Waals surface area contributed by atoms with Crippen molar-refractivity contribution in [3.05, 3.63) is 46.6 Å². The number of fused-ring (bicyclic) bond motifs is 1. The van der Waals surface area contributed by atoms with E-state index in [-0.39, 0.29) is 5.75 Å². The number of rotatable bonds is 4. The molecule has 0 aliphatic heterocycles. The van der Waals surface area contributed by atoms with Gasteiger partial charge in [0, 0.05) is 11.9 Å². The highest BCUT2D eigenvalue weighted by Gasteiger charge is 2.09. The molecule has 6 heteroatoms. The normalized spacial score (nSPS) is 10.8. The molecule has 0 bridgehead atoms. The Hall–Kier alpha value is -2.21. The Labute approximate surface area is 130 Å². The molecule has 0 unspecified atom stereocenters. The first-order valence-electron chi connectivity index (χ1n) is 6.40. The van der Waals surface area contributed by atoms with Crippen LogP contribution in [-0.4, -0.2) is 22.4 Å². The van der Waals surface area contributed by atoms with Crippen LogP contribution >= 0.6 is 15.9 Å². The number of ether oxygens (including phenoxy) is 1. The smallest absolute Gasteiger partial charge is 0.172 e. The fourth-order valence-corrected chi connectivity index (χ4v) is 2.69. The second-order valence-electron chi connectivity index (χ2n) is 4.62. The standard InChI is InChI=1S/C15H14BrN3O2/c1-21-13-6-9(5-11(16)15(13)20)7-17-12-4-2-3-10-8-18-19-14(10)12/h2-6,8,17,20H,7H2,1H3,(H,18,19). The van der Waals surface area contributed by atoms with Gasteiger partial charge in [0.25, 0.3) is 0 Å². The van der Waals surface area contributed by atoms with Crippen molar-refractivity contribution in [2.75, 3.05) is 12.4 Å². The molecule has 5 nitrogen and oxygen atoms in total. The largest absolute Gasteiger partial charge is 0.503 e. The van der Waals surface area contributed by atoms with Gasteiger partial charge in [0.05, 0.1) is 29.0 Å². The van der Waals surface area contributed by atoms with Gasteiger partial charge in [-0.1, -0.05) is 12.1 Å². The highest BCUT2D eigenvalue weighted by molar-refractivity contribution is 9.10. The number of aromatic amines is 1. The van der Waals surface area contributed by atoms with Gasteiger partial charge in [-0.15, -0.1) is 0 Å². The van der Waals surface area contributed by atoms with Crippen molar-refractivity contribution in [2.24, 2.45) is 0 Å². The average Bonchev–Trinajstić information content (AvgIpc) is 2.97. The van der Waals surface area contributed by atoms with E-state index in [1.54, 1.807) is 12.3 Å². The van der Waals surface area contributed by atoms with Crippen LogP contribution in [-0.2, 0) is 6.54 Å². The van der Waals surface area contributed by atoms with Crippen molar-refractivity contribution in [2.45, 2.75) is 6.54 Å². The van der Waals surface area contributed by atoms with Gasteiger partial charge in [-0.2, -0.15) is 5.10 Å². The molecule has 21 heavy (non-hydrogen) atoms. The Balaban J connectivity index is 1.85. The molecule has 0 saturated heterocycles. The molecule has 0 radical (unpaired) electrons. The first-order chi connectivity index (χ1) is 10.2. The summed E-state index contributed by atoms with van der Waals surface area (Å²) in [6.45, 7) is 0.605. The van der Waals surface area contributed by atoms with E-state index in [9.17, 15) is 5.11 Å². The zero-order valence-electron chi connectivity index (χ0n) is 11.4. The van der Waals surface area contributed by atoms with Crippen LogP contribution in [0.4, 0.5) is 5.69 Å². The fourth-order valence-electron chi connectivity index (χ4n) is 2.20. The molecular formula is C15H14BrN3O2. The zero-order valence-corrected chi connectivity index (χ0v) is 12.9. The maximum absolute atomic E-state index is 9.82. The molecule has 1 heterocycles. The zero-order chi connectivity index (χ0) is 14.8. The summed E-state index contributed by atoms with van der Waals surface area (Å²) < 4.78 is 5.76. The van der Waals surface area contributed by atoms with Crippen molar-refractivity contribution in [3.8, 4) is 11.5 Å². The molecule has 0 aliphatic rings. The van der Waals surface area contributed by atoms with Crippen LogP contribution in [0.2, 0.25) is 0 Å². The molecule has 108 valence electrons. The van der Waals surface area contributed by atoms with E-state index in [2.05, 4.69) is 31.4 Å². The van der Waals surface area contributed by atoms with Crippen LogP contribution in [0, 0.1) is 0 Å². The van der Waals surface area contributed by atoms with E-state index in [4.69, 9.17) is 4.74 Å². The van der Waals surface area contributed by atoms with E-state index in [0.717, 1.165) is 22.2 Å². The number of methoxy groups -OCH3 is 1. The molecule has 0 saturated carbocycles. The number of nitrogens with zero attached hydrogens (tertiary/aromatic N) is 1. The second-order valence-corrected chi connectivity index (χ2v) is 5.48. The minimum absolute atomic E-state index is 0.108. The minimum atomic E-state index is 0.108. The van der Waals surface area contributed by atoms with Gasteiger partial charge in [-0.3, -0.25) is 5.10 Å². The van der Waals surface area contributed by atoms with Crippen molar-refractivity contribution < 1.29 is 9.84 Å².